The van der Waals surface area contributed by atoms with Crippen molar-refractivity contribution in [3.63, 3.8) is 0 Å². The molecule has 1 saturated heterocycles. The van der Waals surface area contributed by atoms with Gasteiger partial charge in [-0.25, -0.2) is 8.42 Å². The smallest absolute Gasteiger partial charge is 0.254 e. The molecule has 31 heavy (non-hydrogen) atoms. The van der Waals surface area contributed by atoms with Gasteiger partial charge < -0.3 is 15.0 Å². The number of nitrogens with one attached hydrogen (secondary N) is 1. The first kappa shape index (κ1) is 23.5. The molecule has 1 aliphatic rings. The number of sulfonamides is 1. The Morgan fingerprint density at radius 1 is 1.16 bits per heavy atom. The zero-order valence-corrected chi connectivity index (χ0v) is 19.8. The molecule has 0 aromatic heterocycles. The van der Waals surface area contributed by atoms with Gasteiger partial charge in [0, 0.05) is 28.8 Å². The second-order valence-corrected chi connectivity index (χ2v) is 10.1. The Bertz CT molecular complexity index is 1070. The highest BCUT2D eigenvalue weighted by Gasteiger charge is 2.23. The highest BCUT2D eigenvalue weighted by molar-refractivity contribution is 9.10. The molecule has 1 aliphatic heterocycles. The lowest BCUT2D eigenvalue weighted by Crippen LogP contribution is -2.40. The van der Waals surface area contributed by atoms with Crippen LogP contribution in [0.1, 0.15) is 10.4 Å². The van der Waals surface area contributed by atoms with Gasteiger partial charge in [0.1, 0.15) is 6.54 Å². The number of carbonyl (C=O) groups excluding carboxylic acids is 2. The van der Waals surface area contributed by atoms with Gasteiger partial charge in [0.05, 0.1) is 30.2 Å². The van der Waals surface area contributed by atoms with Crippen LogP contribution in [0.5, 0.6) is 0 Å². The van der Waals surface area contributed by atoms with Crippen LogP contribution in [0.25, 0.3) is 0 Å². The summed E-state index contributed by atoms with van der Waals surface area (Å²) in [5.74, 6) is -0.678. The molecule has 2 aromatic rings. The number of benzene rings is 2. The number of hydrogen-bond donors (Lipinski definition) is 1. The second kappa shape index (κ2) is 9.99. The van der Waals surface area contributed by atoms with E-state index in [0.717, 1.165) is 10.6 Å². The molecule has 2 aromatic carbocycles. The molecule has 1 N–H and O–H groups in total. The minimum absolute atomic E-state index is 0.148. The number of carbonyl (C=O) groups is 2. The number of ether oxygens (including phenoxy) is 1. The molecule has 166 valence electrons. The Labute approximate surface area is 194 Å². The van der Waals surface area contributed by atoms with Crippen molar-refractivity contribution in [1.29, 1.82) is 0 Å². The van der Waals surface area contributed by atoms with Crippen molar-refractivity contribution in [2.24, 2.45) is 0 Å². The molecule has 1 fully saturated rings. The number of anilines is 2. The maximum absolute atomic E-state index is 12.6. The molecule has 11 heteroatoms. The van der Waals surface area contributed by atoms with E-state index in [0.29, 0.717) is 47.0 Å². The van der Waals surface area contributed by atoms with Gasteiger partial charge in [0.2, 0.25) is 15.9 Å². The van der Waals surface area contributed by atoms with Crippen LogP contribution in [0.3, 0.4) is 0 Å². The maximum atomic E-state index is 12.6. The van der Waals surface area contributed by atoms with Crippen molar-refractivity contribution >= 4 is 60.7 Å². The molecule has 0 radical (unpaired) electrons. The number of amides is 2. The Hall–Kier alpha value is -2.14. The van der Waals surface area contributed by atoms with E-state index in [1.807, 2.05) is 0 Å². The van der Waals surface area contributed by atoms with Crippen molar-refractivity contribution in [1.82, 2.24) is 4.90 Å². The first-order chi connectivity index (χ1) is 14.6. The van der Waals surface area contributed by atoms with Crippen molar-refractivity contribution in [2.75, 3.05) is 48.7 Å². The Morgan fingerprint density at radius 2 is 1.81 bits per heavy atom. The van der Waals surface area contributed by atoms with E-state index < -0.39 is 22.5 Å². The number of morpholine rings is 1. The van der Waals surface area contributed by atoms with Gasteiger partial charge in [-0.15, -0.1) is 0 Å². The molecule has 3 rings (SSSR count). The molecular weight excluding hydrogens is 510 g/mol. The van der Waals surface area contributed by atoms with E-state index in [1.54, 1.807) is 35.2 Å². The summed E-state index contributed by atoms with van der Waals surface area (Å²) in [5.41, 5.74) is 1.16. The number of halogens is 2. The summed E-state index contributed by atoms with van der Waals surface area (Å²) in [5, 5.41) is 3.05. The molecule has 0 spiro atoms. The first-order valence-corrected chi connectivity index (χ1v) is 12.4. The molecule has 0 atom stereocenters. The molecule has 1 heterocycles. The van der Waals surface area contributed by atoms with E-state index in [1.165, 1.54) is 12.1 Å². The van der Waals surface area contributed by atoms with Crippen LogP contribution in [-0.4, -0.2) is 64.2 Å². The monoisotopic (exact) mass is 529 g/mol. The van der Waals surface area contributed by atoms with Crippen LogP contribution in [0, 0.1) is 0 Å². The van der Waals surface area contributed by atoms with E-state index in [9.17, 15) is 18.0 Å². The SMILES string of the molecule is CS(=O)(=O)N(CC(=O)Nc1ccc(Br)c(Cl)c1)c1ccc(C(=O)N2CCOCC2)cc1. The van der Waals surface area contributed by atoms with Gasteiger partial charge in [-0.05, 0) is 58.4 Å². The summed E-state index contributed by atoms with van der Waals surface area (Å²) < 4.78 is 31.5. The van der Waals surface area contributed by atoms with E-state index in [4.69, 9.17) is 16.3 Å². The molecule has 0 bridgehead atoms. The van der Waals surface area contributed by atoms with Crippen molar-refractivity contribution in [3.8, 4) is 0 Å². The maximum Gasteiger partial charge on any atom is 0.254 e. The van der Waals surface area contributed by atoms with Gasteiger partial charge in [0.25, 0.3) is 5.91 Å². The number of nitrogens with zero attached hydrogens (tertiary/aromatic N) is 2. The van der Waals surface area contributed by atoms with Gasteiger partial charge in [-0.2, -0.15) is 0 Å². The van der Waals surface area contributed by atoms with E-state index in [-0.39, 0.29) is 11.6 Å². The number of rotatable bonds is 6. The van der Waals surface area contributed by atoms with Crippen LogP contribution in [0.4, 0.5) is 11.4 Å². The van der Waals surface area contributed by atoms with Crippen LogP contribution in [0.2, 0.25) is 5.02 Å². The standard InChI is InChI=1S/C20H21BrClN3O5S/c1-31(28,29)25(13-19(26)23-15-4-7-17(21)18(22)12-15)16-5-2-14(3-6-16)20(27)24-8-10-30-11-9-24/h2-7,12H,8-11,13H2,1H3,(H,23,26). The zero-order chi connectivity index (χ0) is 22.6. The molecular formula is C20H21BrClN3O5S. The zero-order valence-electron chi connectivity index (χ0n) is 16.7. The summed E-state index contributed by atoms with van der Waals surface area (Å²) in [4.78, 5) is 26.7. The summed E-state index contributed by atoms with van der Waals surface area (Å²) in [6, 6.07) is 11.0. The summed E-state index contributed by atoms with van der Waals surface area (Å²) >= 11 is 9.29. The first-order valence-electron chi connectivity index (χ1n) is 9.35. The quantitative estimate of drug-likeness (QED) is 0.619. The molecule has 0 unspecified atom stereocenters. The van der Waals surface area contributed by atoms with Gasteiger partial charge >= 0.3 is 0 Å². The third-order valence-corrected chi connectivity index (χ3v) is 6.96. The fraction of sp³-hybridized carbons (Fsp3) is 0.300. The topological polar surface area (TPSA) is 96.0 Å². The highest BCUT2D eigenvalue weighted by atomic mass is 79.9. The van der Waals surface area contributed by atoms with Gasteiger partial charge in [-0.3, -0.25) is 13.9 Å². The van der Waals surface area contributed by atoms with Crippen LogP contribution >= 0.6 is 27.5 Å². The average molecular weight is 531 g/mol. The van der Waals surface area contributed by atoms with Crippen LogP contribution < -0.4 is 9.62 Å². The molecule has 0 aliphatic carbocycles. The summed E-state index contributed by atoms with van der Waals surface area (Å²) in [6.07, 6.45) is 1.02. The highest BCUT2D eigenvalue weighted by Crippen LogP contribution is 2.26. The number of hydrogen-bond acceptors (Lipinski definition) is 5. The Morgan fingerprint density at radius 3 is 2.39 bits per heavy atom. The molecule has 8 nitrogen and oxygen atoms in total. The summed E-state index contributed by atoms with van der Waals surface area (Å²) in [6.45, 7) is 1.57. The average Bonchev–Trinajstić information content (AvgIpc) is 2.74. The van der Waals surface area contributed by atoms with E-state index in [2.05, 4.69) is 21.2 Å². The Kier molecular flexibility index (Phi) is 7.58. The minimum Gasteiger partial charge on any atom is -0.378 e. The normalized spacial score (nSPS) is 14.2. The fourth-order valence-corrected chi connectivity index (χ4v) is 4.31. The molecule has 0 saturated carbocycles. The molecule has 2 amide bonds. The van der Waals surface area contributed by atoms with E-state index >= 15 is 0 Å². The van der Waals surface area contributed by atoms with Crippen molar-refractivity contribution in [3.05, 3.63) is 57.5 Å². The third kappa shape index (κ3) is 6.19. The van der Waals surface area contributed by atoms with Gasteiger partial charge in [-0.1, -0.05) is 11.6 Å². The second-order valence-electron chi connectivity index (χ2n) is 6.90. The predicted molar refractivity (Wildman–Crippen MR) is 123 cm³/mol. The summed E-state index contributed by atoms with van der Waals surface area (Å²) in [7, 11) is -3.75. The lowest BCUT2D eigenvalue weighted by Gasteiger charge is -2.27. The predicted octanol–water partition coefficient (Wildman–Crippen LogP) is 2.98. The third-order valence-electron chi connectivity index (χ3n) is 4.59. The van der Waals surface area contributed by atoms with Gasteiger partial charge in [0.15, 0.2) is 0 Å². The lowest BCUT2D eigenvalue weighted by molar-refractivity contribution is -0.114. The minimum atomic E-state index is -3.75. The van der Waals surface area contributed by atoms with Crippen molar-refractivity contribution < 1.29 is 22.7 Å². The van der Waals surface area contributed by atoms with Crippen LogP contribution in [0.15, 0.2) is 46.9 Å². The largest absolute Gasteiger partial charge is 0.378 e. The van der Waals surface area contributed by atoms with Crippen molar-refractivity contribution in [2.45, 2.75) is 0 Å². The Balaban J connectivity index is 1.73. The van der Waals surface area contributed by atoms with Crippen LogP contribution in [-0.2, 0) is 19.6 Å². The lowest BCUT2D eigenvalue weighted by atomic mass is 10.1. The fourth-order valence-electron chi connectivity index (χ4n) is 3.02.